The number of likely N-dealkylation sites (N-methyl/N-ethyl adjacent to an activating group) is 1. The van der Waals surface area contributed by atoms with Crippen LogP contribution in [0.5, 0.6) is 0 Å². The quantitative estimate of drug-likeness (QED) is 0.339. The van der Waals surface area contributed by atoms with Crippen molar-refractivity contribution < 1.29 is 4.79 Å². The Balaban J connectivity index is -0.000000222. The molecule has 0 heterocycles. The zero-order chi connectivity index (χ0) is 19.1. The fourth-order valence-corrected chi connectivity index (χ4v) is 1.04. The highest BCUT2D eigenvalue weighted by Crippen LogP contribution is 2.03. The summed E-state index contributed by atoms with van der Waals surface area (Å²) in [5.41, 5.74) is 1.00. The molecule has 0 aromatic carbocycles. The summed E-state index contributed by atoms with van der Waals surface area (Å²) in [6.45, 7) is 17.2. The second-order valence-corrected chi connectivity index (χ2v) is 3.34. The molecular formula is C19H35N3O. The van der Waals surface area contributed by atoms with Gasteiger partial charge in [0.1, 0.15) is 5.84 Å². The van der Waals surface area contributed by atoms with Crippen molar-refractivity contribution in [2.45, 2.75) is 41.0 Å². The molecule has 0 saturated heterocycles. The number of amidine groups is 1. The predicted molar refractivity (Wildman–Crippen MR) is 106 cm³/mol. The van der Waals surface area contributed by atoms with E-state index in [0.29, 0.717) is 6.42 Å². The number of rotatable bonds is 6. The molecule has 0 saturated carbocycles. The van der Waals surface area contributed by atoms with Crippen LogP contribution in [0.2, 0.25) is 0 Å². The van der Waals surface area contributed by atoms with Crippen molar-refractivity contribution in [1.29, 1.82) is 0 Å². The van der Waals surface area contributed by atoms with Gasteiger partial charge in [0.25, 0.3) is 0 Å². The van der Waals surface area contributed by atoms with Gasteiger partial charge < -0.3 is 10.6 Å². The maximum Gasteiger partial charge on any atom is 0.239 e. The topological polar surface area (TPSA) is 53.5 Å². The van der Waals surface area contributed by atoms with Crippen LogP contribution in [0.25, 0.3) is 0 Å². The van der Waals surface area contributed by atoms with Crippen LogP contribution in [0.15, 0.2) is 42.0 Å². The number of nitrogens with one attached hydrogen (secondary N) is 2. The molecular weight excluding hydrogens is 286 g/mol. The molecule has 132 valence electrons. The van der Waals surface area contributed by atoms with E-state index < -0.39 is 0 Å². The van der Waals surface area contributed by atoms with E-state index in [-0.39, 0.29) is 12.5 Å². The van der Waals surface area contributed by atoms with Gasteiger partial charge in [-0.15, -0.1) is 12.3 Å². The number of carbonyl (C=O) groups is 1. The van der Waals surface area contributed by atoms with E-state index in [4.69, 9.17) is 0 Å². The Morgan fingerprint density at radius 2 is 1.74 bits per heavy atom. The Morgan fingerprint density at radius 3 is 2.04 bits per heavy atom. The molecule has 23 heavy (non-hydrogen) atoms. The largest absolute Gasteiger partial charge is 0.365 e. The maximum atomic E-state index is 11.0. The molecule has 0 aliphatic rings. The van der Waals surface area contributed by atoms with Crippen molar-refractivity contribution in [3.8, 4) is 12.3 Å². The number of aliphatic imine (C=N–C) groups is 1. The van der Waals surface area contributed by atoms with E-state index in [9.17, 15) is 4.79 Å². The molecule has 0 unspecified atom stereocenters. The van der Waals surface area contributed by atoms with Crippen molar-refractivity contribution in [3.05, 3.63) is 37.0 Å². The maximum absolute atomic E-state index is 11.0. The first-order chi connectivity index (χ1) is 11.1. The highest BCUT2D eigenvalue weighted by Gasteiger charge is 2.02. The number of allylic oxidation sites excluding steroid dienone is 3. The van der Waals surface area contributed by atoms with Crippen LogP contribution in [-0.4, -0.2) is 32.4 Å². The molecule has 4 nitrogen and oxygen atoms in total. The molecule has 0 spiro atoms. The molecule has 0 rings (SSSR count). The third-order valence-corrected chi connectivity index (χ3v) is 1.97. The van der Waals surface area contributed by atoms with Gasteiger partial charge in [-0.1, -0.05) is 59.1 Å². The first kappa shape index (κ1) is 28.8. The minimum atomic E-state index is -0.0750. The van der Waals surface area contributed by atoms with E-state index >= 15 is 0 Å². The van der Waals surface area contributed by atoms with Gasteiger partial charge >= 0.3 is 0 Å². The Kier molecular flexibility index (Phi) is 35.0. The molecule has 0 fully saturated rings. The third-order valence-electron chi connectivity index (χ3n) is 1.97. The second-order valence-electron chi connectivity index (χ2n) is 3.34. The number of hydrogen-bond donors (Lipinski definition) is 2. The van der Waals surface area contributed by atoms with Gasteiger partial charge in [-0.3, -0.25) is 9.79 Å². The third kappa shape index (κ3) is 25.1. The van der Waals surface area contributed by atoms with Crippen LogP contribution >= 0.6 is 0 Å². The van der Waals surface area contributed by atoms with Crippen LogP contribution < -0.4 is 10.6 Å². The summed E-state index contributed by atoms with van der Waals surface area (Å²) in [6, 6.07) is 0. The summed E-state index contributed by atoms with van der Waals surface area (Å²) >= 11 is 0. The minimum Gasteiger partial charge on any atom is -0.365 e. The molecule has 0 aromatic heterocycles. The first-order valence-electron chi connectivity index (χ1n) is 7.81. The van der Waals surface area contributed by atoms with Crippen LogP contribution in [0, 0.1) is 12.3 Å². The van der Waals surface area contributed by atoms with Gasteiger partial charge in [0.05, 0.1) is 6.54 Å². The molecule has 0 radical (unpaired) electrons. The Morgan fingerprint density at radius 1 is 1.26 bits per heavy atom. The van der Waals surface area contributed by atoms with Crippen LogP contribution in [0.3, 0.4) is 0 Å². The van der Waals surface area contributed by atoms with Gasteiger partial charge in [0.2, 0.25) is 5.91 Å². The summed E-state index contributed by atoms with van der Waals surface area (Å²) in [5, 5.41) is 5.49. The number of terminal acetylenes is 1. The smallest absolute Gasteiger partial charge is 0.239 e. The molecule has 0 atom stereocenters. The minimum absolute atomic E-state index is 0.0750. The molecule has 0 aliphatic carbocycles. The van der Waals surface area contributed by atoms with Gasteiger partial charge in [-0.05, 0) is 12.5 Å². The average Bonchev–Trinajstić information content (AvgIpc) is 2.61. The lowest BCUT2D eigenvalue weighted by Crippen LogP contribution is -2.35. The number of nitrogens with zero attached hydrogens (tertiary/aromatic N) is 1. The number of amides is 1. The van der Waals surface area contributed by atoms with Crippen molar-refractivity contribution in [2.24, 2.45) is 4.99 Å². The highest BCUT2D eigenvalue weighted by atomic mass is 16.1. The van der Waals surface area contributed by atoms with Crippen molar-refractivity contribution in [2.75, 3.05) is 20.6 Å². The normalized spacial score (nSPS) is 9.13. The van der Waals surface area contributed by atoms with Gasteiger partial charge in [-0.2, -0.15) is 0 Å². The van der Waals surface area contributed by atoms with Gasteiger partial charge in [0, 0.05) is 20.5 Å². The predicted octanol–water partition coefficient (Wildman–Crippen LogP) is 3.73. The van der Waals surface area contributed by atoms with E-state index in [2.05, 4.69) is 41.1 Å². The highest BCUT2D eigenvalue weighted by molar-refractivity contribution is 5.89. The van der Waals surface area contributed by atoms with Crippen LogP contribution in [-0.2, 0) is 4.79 Å². The Hall–Kier alpha value is -2.28. The monoisotopic (exact) mass is 321 g/mol. The lowest BCUT2D eigenvalue weighted by Gasteiger charge is -2.08. The zero-order valence-corrected chi connectivity index (χ0v) is 16.0. The summed E-state index contributed by atoms with van der Waals surface area (Å²) in [4.78, 5) is 15.1. The zero-order valence-electron chi connectivity index (χ0n) is 16.0. The fraction of sp³-hybridized carbons (Fsp3) is 0.474. The molecule has 1 amide bonds. The van der Waals surface area contributed by atoms with E-state index in [1.807, 2.05) is 33.8 Å². The molecule has 2 N–H and O–H groups in total. The Labute approximate surface area is 143 Å². The molecule has 0 aliphatic heterocycles. The Bertz CT molecular complexity index is 388. The van der Waals surface area contributed by atoms with Gasteiger partial charge in [0.15, 0.2) is 0 Å². The lowest BCUT2D eigenvalue weighted by molar-refractivity contribution is -0.119. The van der Waals surface area contributed by atoms with Crippen molar-refractivity contribution in [1.82, 2.24) is 10.6 Å². The molecule has 4 heteroatoms. The summed E-state index contributed by atoms with van der Waals surface area (Å²) in [5.74, 6) is 2.92. The summed E-state index contributed by atoms with van der Waals surface area (Å²) < 4.78 is 0. The standard InChI is InChI=1S/C12H19N3O.C3H4.2C2H6/c1-5-7-10(6-2)8-11(13-3)15-9-12(16)14-4;1-3-2;2*1-2/h5-7H,1-2,8-9H2,3-4H3,(H,13,15)(H,14,16);1H,2H3;2*1-2H3/b10-7+;;;. The van der Waals surface area contributed by atoms with E-state index in [1.54, 1.807) is 33.2 Å². The average molecular weight is 322 g/mol. The molecule has 0 bridgehead atoms. The summed E-state index contributed by atoms with van der Waals surface area (Å²) in [6.07, 6.45) is 10.5. The van der Waals surface area contributed by atoms with Gasteiger partial charge in [-0.25, -0.2) is 0 Å². The SMILES string of the molecule is C#CC.C=C/C=C(\C=C)CC(=NC)NCC(=O)NC.CC.CC. The first-order valence-corrected chi connectivity index (χ1v) is 7.81. The second kappa shape index (κ2) is 28.0. The van der Waals surface area contributed by atoms with E-state index in [1.165, 1.54) is 0 Å². The van der Waals surface area contributed by atoms with Crippen LogP contribution in [0.1, 0.15) is 41.0 Å². The molecule has 0 aromatic rings. The summed E-state index contributed by atoms with van der Waals surface area (Å²) in [7, 11) is 3.28. The number of carbonyl (C=O) groups excluding carboxylic acids is 1. The number of hydrogen-bond acceptors (Lipinski definition) is 2. The van der Waals surface area contributed by atoms with Crippen molar-refractivity contribution in [3.63, 3.8) is 0 Å². The lowest BCUT2D eigenvalue weighted by atomic mass is 10.1. The van der Waals surface area contributed by atoms with Crippen molar-refractivity contribution >= 4 is 11.7 Å². The fourth-order valence-electron chi connectivity index (χ4n) is 1.04. The van der Waals surface area contributed by atoms with E-state index in [0.717, 1.165) is 11.4 Å². The van der Waals surface area contributed by atoms with Crippen LogP contribution in [0.4, 0.5) is 0 Å².